The lowest BCUT2D eigenvalue weighted by Gasteiger charge is -2.38. The van der Waals surface area contributed by atoms with E-state index in [0.717, 1.165) is 5.56 Å². The number of carboxylic acid groups (broad SMARTS) is 1. The minimum absolute atomic E-state index is 0.254. The second-order valence-corrected chi connectivity index (χ2v) is 9.95. The summed E-state index contributed by atoms with van der Waals surface area (Å²) in [7, 11) is 0. The number of likely N-dealkylation sites (tertiary alicyclic amines) is 1. The van der Waals surface area contributed by atoms with Crippen molar-refractivity contribution >= 4 is 33.7 Å². The van der Waals surface area contributed by atoms with Crippen LogP contribution >= 0.6 is 15.9 Å². The first kappa shape index (κ1) is 22.9. The highest BCUT2D eigenvalue weighted by Gasteiger charge is 2.77. The maximum Gasteiger partial charge on any atom is 0.310 e. The Labute approximate surface area is 195 Å². The van der Waals surface area contributed by atoms with Crippen LogP contribution in [0.1, 0.15) is 18.9 Å². The van der Waals surface area contributed by atoms with Crippen LogP contribution in [0.3, 0.4) is 0 Å². The molecular formula is C23H27BrN2O6. The number of carbonyl (C=O) groups excluding carboxylic acids is 2. The topological polar surface area (TPSA) is 107 Å². The van der Waals surface area contributed by atoms with Gasteiger partial charge in [-0.3, -0.25) is 14.4 Å². The second kappa shape index (κ2) is 8.61. The quantitative estimate of drug-likeness (QED) is 0.407. The smallest absolute Gasteiger partial charge is 0.310 e. The summed E-state index contributed by atoms with van der Waals surface area (Å²) in [6, 6.07) is 7.78. The molecule has 3 unspecified atom stereocenters. The van der Waals surface area contributed by atoms with Crippen molar-refractivity contribution < 1.29 is 29.3 Å². The molecule has 9 heteroatoms. The van der Waals surface area contributed by atoms with Crippen molar-refractivity contribution in [3.8, 4) is 0 Å². The number of carbonyl (C=O) groups is 3. The van der Waals surface area contributed by atoms with Gasteiger partial charge < -0.3 is 24.7 Å². The molecular weight excluding hydrogens is 480 g/mol. The number of rotatable bonds is 8. The summed E-state index contributed by atoms with van der Waals surface area (Å²) in [6.45, 7) is 5.63. The molecule has 2 N–H and O–H groups in total. The summed E-state index contributed by atoms with van der Waals surface area (Å²) in [5.41, 5.74) is -0.337. The van der Waals surface area contributed by atoms with Crippen LogP contribution in [-0.2, 0) is 25.7 Å². The highest BCUT2D eigenvalue weighted by molar-refractivity contribution is 9.09. The number of fused-ring (bicyclic) bond motifs is 1. The number of aliphatic carboxylic acids is 1. The lowest BCUT2D eigenvalue weighted by molar-refractivity contribution is -0.153. The molecule has 8 nitrogen and oxygen atoms in total. The summed E-state index contributed by atoms with van der Waals surface area (Å²) in [5, 5.41) is 19.7. The summed E-state index contributed by atoms with van der Waals surface area (Å²) in [6.07, 6.45) is 1.27. The Morgan fingerprint density at radius 2 is 2.09 bits per heavy atom. The van der Waals surface area contributed by atoms with Gasteiger partial charge in [-0.15, -0.1) is 6.58 Å². The number of amides is 2. The van der Waals surface area contributed by atoms with E-state index < -0.39 is 47.5 Å². The van der Waals surface area contributed by atoms with Gasteiger partial charge in [0.2, 0.25) is 11.8 Å². The zero-order valence-corrected chi connectivity index (χ0v) is 19.3. The molecule has 1 spiro atoms. The molecule has 172 valence electrons. The Hall–Kier alpha value is -2.23. The zero-order chi connectivity index (χ0) is 23.2. The molecule has 3 heterocycles. The van der Waals surface area contributed by atoms with E-state index in [4.69, 9.17) is 4.74 Å². The molecule has 3 aliphatic rings. The van der Waals surface area contributed by atoms with Crippen molar-refractivity contribution in [3.63, 3.8) is 0 Å². The molecule has 1 aromatic carbocycles. The monoisotopic (exact) mass is 506 g/mol. The number of aliphatic hydroxyl groups is 1. The fourth-order valence-electron chi connectivity index (χ4n) is 5.56. The molecule has 2 amide bonds. The van der Waals surface area contributed by atoms with E-state index >= 15 is 0 Å². The Morgan fingerprint density at radius 3 is 2.69 bits per heavy atom. The number of hydrogen-bond donors (Lipinski definition) is 2. The van der Waals surface area contributed by atoms with Gasteiger partial charge in [0.25, 0.3) is 0 Å². The number of benzene rings is 1. The summed E-state index contributed by atoms with van der Waals surface area (Å²) in [4.78, 5) is 42.3. The predicted octanol–water partition coefficient (Wildman–Crippen LogP) is 1.41. The summed E-state index contributed by atoms with van der Waals surface area (Å²) in [5.74, 6) is -3.91. The van der Waals surface area contributed by atoms with Gasteiger partial charge in [0.05, 0.1) is 30.6 Å². The number of hydrogen-bond acceptors (Lipinski definition) is 5. The maximum atomic E-state index is 14.0. The Morgan fingerprint density at radius 1 is 1.41 bits per heavy atom. The third-order valence-electron chi connectivity index (χ3n) is 6.86. The average Bonchev–Trinajstić information content (AvgIpc) is 3.36. The normalized spacial score (nSPS) is 33.8. The van der Waals surface area contributed by atoms with Crippen LogP contribution in [-0.4, -0.2) is 79.6 Å². The number of alkyl halides is 1. The molecule has 3 fully saturated rings. The number of ether oxygens (including phenoxy) is 1. The SMILES string of the molecule is C=CCN(Cc1ccccc1)C(=O)C1N([C@H](C)CO)C(=O)[C@@H]2[C@H](C(=O)O)[C@H]3OC12CC3Br. The molecule has 0 aromatic heterocycles. The number of carboxylic acids is 1. The molecule has 0 radical (unpaired) electrons. The van der Waals surface area contributed by atoms with E-state index in [1.54, 1.807) is 17.9 Å². The van der Waals surface area contributed by atoms with Crippen LogP contribution < -0.4 is 0 Å². The van der Waals surface area contributed by atoms with Crippen molar-refractivity contribution in [2.24, 2.45) is 11.8 Å². The maximum absolute atomic E-state index is 14.0. The first-order valence-corrected chi connectivity index (χ1v) is 11.6. The van der Waals surface area contributed by atoms with Crippen molar-refractivity contribution in [1.29, 1.82) is 0 Å². The number of halogens is 1. The van der Waals surface area contributed by atoms with Crippen LogP contribution in [0.25, 0.3) is 0 Å². The van der Waals surface area contributed by atoms with Crippen LogP contribution in [0.5, 0.6) is 0 Å². The van der Waals surface area contributed by atoms with Gasteiger partial charge in [0.1, 0.15) is 11.6 Å². The van der Waals surface area contributed by atoms with Crippen LogP contribution in [0.2, 0.25) is 0 Å². The van der Waals surface area contributed by atoms with Gasteiger partial charge in [-0.25, -0.2) is 0 Å². The molecule has 7 atom stereocenters. The van der Waals surface area contributed by atoms with Crippen LogP contribution in [0, 0.1) is 11.8 Å². The second-order valence-electron chi connectivity index (χ2n) is 8.77. The predicted molar refractivity (Wildman–Crippen MR) is 119 cm³/mol. The highest BCUT2D eigenvalue weighted by atomic mass is 79.9. The van der Waals surface area contributed by atoms with Crippen molar-refractivity contribution in [3.05, 3.63) is 48.6 Å². The van der Waals surface area contributed by atoms with Gasteiger partial charge >= 0.3 is 5.97 Å². The van der Waals surface area contributed by atoms with E-state index in [1.807, 2.05) is 30.3 Å². The summed E-state index contributed by atoms with van der Waals surface area (Å²) >= 11 is 3.52. The summed E-state index contributed by atoms with van der Waals surface area (Å²) < 4.78 is 6.23. The largest absolute Gasteiger partial charge is 0.481 e. The molecule has 32 heavy (non-hydrogen) atoms. The van der Waals surface area contributed by atoms with Gasteiger partial charge in [-0.2, -0.15) is 0 Å². The minimum Gasteiger partial charge on any atom is -0.481 e. The van der Waals surface area contributed by atoms with Crippen LogP contribution in [0.15, 0.2) is 43.0 Å². The lowest BCUT2D eigenvalue weighted by Crippen LogP contribution is -2.58. The zero-order valence-electron chi connectivity index (χ0n) is 17.8. The Balaban J connectivity index is 1.76. The Bertz CT molecular complexity index is 926. The van der Waals surface area contributed by atoms with E-state index in [2.05, 4.69) is 22.5 Å². The highest BCUT2D eigenvalue weighted by Crippen LogP contribution is 2.60. The number of aliphatic hydroxyl groups excluding tert-OH is 1. The van der Waals surface area contributed by atoms with Gasteiger partial charge in [0.15, 0.2) is 0 Å². The molecule has 4 rings (SSSR count). The van der Waals surface area contributed by atoms with E-state index in [9.17, 15) is 24.6 Å². The minimum atomic E-state index is -1.25. The number of nitrogens with zero attached hydrogens (tertiary/aromatic N) is 2. The fraction of sp³-hybridized carbons (Fsp3) is 0.522. The van der Waals surface area contributed by atoms with E-state index in [0.29, 0.717) is 13.0 Å². The third-order valence-corrected chi connectivity index (χ3v) is 7.71. The van der Waals surface area contributed by atoms with E-state index in [1.165, 1.54) is 4.90 Å². The fourth-order valence-corrected chi connectivity index (χ4v) is 6.50. The molecule has 2 bridgehead atoms. The molecule has 0 saturated carbocycles. The lowest BCUT2D eigenvalue weighted by atomic mass is 9.70. The first-order valence-electron chi connectivity index (χ1n) is 10.7. The van der Waals surface area contributed by atoms with Crippen molar-refractivity contribution in [1.82, 2.24) is 9.80 Å². The average molecular weight is 507 g/mol. The van der Waals surface area contributed by atoms with Crippen LogP contribution in [0.4, 0.5) is 0 Å². The van der Waals surface area contributed by atoms with Gasteiger partial charge in [0, 0.05) is 17.9 Å². The third kappa shape index (κ3) is 3.38. The molecule has 3 aliphatic heterocycles. The van der Waals surface area contributed by atoms with Gasteiger partial charge in [-0.05, 0) is 18.9 Å². The molecule has 0 aliphatic carbocycles. The Kier molecular flexibility index (Phi) is 6.17. The van der Waals surface area contributed by atoms with Crippen molar-refractivity contribution in [2.75, 3.05) is 13.2 Å². The van der Waals surface area contributed by atoms with E-state index in [-0.39, 0.29) is 23.9 Å². The van der Waals surface area contributed by atoms with Crippen molar-refractivity contribution in [2.45, 2.75) is 48.5 Å². The standard InChI is InChI=1S/C23H27BrN2O6/c1-3-9-25(11-14-7-5-4-6-8-14)21(29)19-23-10-15(24)18(32-23)16(22(30)31)17(23)20(28)26(19)13(2)12-27/h3-8,13,15-19,27H,1,9-12H2,2H3,(H,30,31)/t13-,15?,16+,17+,18+,19?,23?/m1/s1. The molecule has 3 saturated heterocycles. The van der Waals surface area contributed by atoms with Gasteiger partial charge in [-0.1, -0.05) is 52.3 Å². The molecule has 1 aromatic rings. The first-order chi connectivity index (χ1) is 15.3.